The minimum Gasteiger partial charge on any atom is -0.491 e. The van der Waals surface area contributed by atoms with E-state index in [0.717, 1.165) is 6.42 Å². The van der Waals surface area contributed by atoms with Crippen LogP contribution in [0.5, 0.6) is 5.75 Å². The Bertz CT molecular complexity index is 677. The molecule has 0 aliphatic heterocycles. The van der Waals surface area contributed by atoms with Gasteiger partial charge in [-0.15, -0.1) is 0 Å². The van der Waals surface area contributed by atoms with Crippen LogP contribution in [-0.4, -0.2) is 27.4 Å². The topological polar surface area (TPSA) is 64.3 Å². The van der Waals surface area contributed by atoms with E-state index in [0.29, 0.717) is 17.0 Å². The summed E-state index contributed by atoms with van der Waals surface area (Å²) in [6, 6.07) is 7.77. The standard InChI is InChI=1S/C17H22N2O3/c1-4-14-5-7-16(8-6-14)22-10-15(20)9-19-11-18-13(3)12(2)17(19)21/h5-8,11,15,20H,4,9-10H2,1-3H3. The van der Waals surface area contributed by atoms with Gasteiger partial charge in [-0.25, -0.2) is 4.98 Å². The van der Waals surface area contributed by atoms with Crippen LogP contribution in [0.15, 0.2) is 35.4 Å². The number of aryl methyl sites for hydroxylation is 2. The molecule has 0 aliphatic rings. The van der Waals surface area contributed by atoms with Crippen molar-refractivity contribution in [3.05, 3.63) is 57.8 Å². The zero-order valence-electron chi connectivity index (χ0n) is 13.2. The smallest absolute Gasteiger partial charge is 0.256 e. The van der Waals surface area contributed by atoms with Crippen LogP contribution in [-0.2, 0) is 13.0 Å². The number of ether oxygens (including phenoxy) is 1. The maximum Gasteiger partial charge on any atom is 0.256 e. The van der Waals surface area contributed by atoms with Gasteiger partial charge in [0.1, 0.15) is 18.5 Å². The van der Waals surface area contributed by atoms with Crippen molar-refractivity contribution in [2.45, 2.75) is 39.8 Å². The summed E-state index contributed by atoms with van der Waals surface area (Å²) in [5, 5.41) is 10.0. The maximum absolute atomic E-state index is 12.0. The normalized spacial score (nSPS) is 12.2. The number of benzene rings is 1. The molecule has 0 radical (unpaired) electrons. The number of nitrogens with zero attached hydrogens (tertiary/aromatic N) is 2. The van der Waals surface area contributed by atoms with Gasteiger partial charge in [0.05, 0.1) is 12.9 Å². The minimum atomic E-state index is -0.771. The zero-order valence-corrected chi connectivity index (χ0v) is 13.2. The number of aliphatic hydroxyl groups excluding tert-OH is 1. The number of hydrogen-bond donors (Lipinski definition) is 1. The lowest BCUT2D eigenvalue weighted by atomic mass is 10.2. The predicted octanol–water partition coefficient (Wildman–Crippen LogP) is 1.86. The number of hydrogen-bond acceptors (Lipinski definition) is 4. The van der Waals surface area contributed by atoms with E-state index < -0.39 is 6.10 Å². The number of rotatable bonds is 6. The van der Waals surface area contributed by atoms with Gasteiger partial charge in [0.2, 0.25) is 0 Å². The monoisotopic (exact) mass is 302 g/mol. The Kier molecular flexibility index (Phi) is 5.33. The third-order valence-corrected chi connectivity index (χ3v) is 3.70. The van der Waals surface area contributed by atoms with Gasteiger partial charge in [0.15, 0.2) is 0 Å². The summed E-state index contributed by atoms with van der Waals surface area (Å²) in [5.74, 6) is 0.710. The SMILES string of the molecule is CCc1ccc(OCC(O)Cn2cnc(C)c(C)c2=O)cc1. The van der Waals surface area contributed by atoms with E-state index in [2.05, 4.69) is 11.9 Å². The van der Waals surface area contributed by atoms with Crippen LogP contribution in [0.1, 0.15) is 23.7 Å². The van der Waals surface area contributed by atoms with Crippen LogP contribution >= 0.6 is 0 Å². The van der Waals surface area contributed by atoms with Gasteiger partial charge in [0, 0.05) is 11.3 Å². The molecule has 2 aromatic rings. The summed E-state index contributed by atoms with van der Waals surface area (Å²) in [6.07, 6.45) is 1.67. The fourth-order valence-corrected chi connectivity index (χ4v) is 2.10. The molecular weight excluding hydrogens is 280 g/mol. The van der Waals surface area contributed by atoms with Gasteiger partial charge in [-0.3, -0.25) is 9.36 Å². The third kappa shape index (κ3) is 3.95. The van der Waals surface area contributed by atoms with E-state index in [1.54, 1.807) is 13.8 Å². The molecule has 118 valence electrons. The van der Waals surface area contributed by atoms with Crippen LogP contribution in [0, 0.1) is 13.8 Å². The predicted molar refractivity (Wildman–Crippen MR) is 85.3 cm³/mol. The first-order chi connectivity index (χ1) is 10.5. The second-order valence-corrected chi connectivity index (χ2v) is 5.37. The van der Waals surface area contributed by atoms with E-state index in [1.807, 2.05) is 24.3 Å². The maximum atomic E-state index is 12.0. The Balaban J connectivity index is 1.94. The molecular formula is C17H22N2O3. The van der Waals surface area contributed by atoms with Crippen molar-refractivity contribution in [3.63, 3.8) is 0 Å². The first-order valence-electron chi connectivity index (χ1n) is 7.43. The minimum absolute atomic E-state index is 0.126. The van der Waals surface area contributed by atoms with Gasteiger partial charge in [-0.05, 0) is 38.0 Å². The van der Waals surface area contributed by atoms with Crippen molar-refractivity contribution in [2.24, 2.45) is 0 Å². The average molecular weight is 302 g/mol. The van der Waals surface area contributed by atoms with Gasteiger partial charge in [-0.1, -0.05) is 19.1 Å². The van der Waals surface area contributed by atoms with Gasteiger partial charge >= 0.3 is 0 Å². The number of aliphatic hydroxyl groups is 1. The summed E-state index contributed by atoms with van der Waals surface area (Å²) in [7, 11) is 0. The lowest BCUT2D eigenvalue weighted by Gasteiger charge is -2.14. The molecule has 1 aromatic carbocycles. The molecule has 0 saturated heterocycles. The fraction of sp³-hybridized carbons (Fsp3) is 0.412. The highest BCUT2D eigenvalue weighted by molar-refractivity contribution is 5.27. The Morgan fingerprint density at radius 3 is 2.59 bits per heavy atom. The molecule has 1 atom stereocenters. The highest BCUT2D eigenvalue weighted by atomic mass is 16.5. The first kappa shape index (κ1) is 16.2. The molecule has 5 heteroatoms. The van der Waals surface area contributed by atoms with Crippen molar-refractivity contribution in [1.82, 2.24) is 9.55 Å². The number of aromatic nitrogens is 2. The van der Waals surface area contributed by atoms with E-state index in [4.69, 9.17) is 4.74 Å². The fourth-order valence-electron chi connectivity index (χ4n) is 2.10. The van der Waals surface area contributed by atoms with Gasteiger partial charge in [-0.2, -0.15) is 0 Å². The molecule has 1 heterocycles. The molecule has 0 saturated carbocycles. The largest absolute Gasteiger partial charge is 0.491 e. The molecule has 22 heavy (non-hydrogen) atoms. The summed E-state index contributed by atoms with van der Waals surface area (Å²) in [4.78, 5) is 16.2. The second-order valence-electron chi connectivity index (χ2n) is 5.37. The summed E-state index contributed by atoms with van der Waals surface area (Å²) in [6.45, 7) is 5.92. The molecule has 0 bridgehead atoms. The Labute approximate surface area is 130 Å². The van der Waals surface area contributed by atoms with E-state index >= 15 is 0 Å². The Hall–Kier alpha value is -2.14. The molecule has 0 spiro atoms. The first-order valence-corrected chi connectivity index (χ1v) is 7.43. The van der Waals surface area contributed by atoms with E-state index in [-0.39, 0.29) is 18.7 Å². The van der Waals surface area contributed by atoms with Crippen LogP contribution in [0.2, 0.25) is 0 Å². The van der Waals surface area contributed by atoms with Gasteiger partial charge < -0.3 is 9.84 Å². The quantitative estimate of drug-likeness (QED) is 0.884. The zero-order chi connectivity index (χ0) is 16.1. The Morgan fingerprint density at radius 1 is 1.27 bits per heavy atom. The average Bonchev–Trinajstić information content (AvgIpc) is 2.54. The molecule has 5 nitrogen and oxygen atoms in total. The molecule has 0 amide bonds. The van der Waals surface area contributed by atoms with Gasteiger partial charge in [0.25, 0.3) is 5.56 Å². The summed E-state index contributed by atoms with van der Waals surface area (Å²) >= 11 is 0. The van der Waals surface area contributed by atoms with Crippen LogP contribution < -0.4 is 10.3 Å². The van der Waals surface area contributed by atoms with Crippen molar-refractivity contribution in [2.75, 3.05) is 6.61 Å². The second kappa shape index (κ2) is 7.22. The van der Waals surface area contributed by atoms with E-state index in [1.165, 1.54) is 16.5 Å². The molecule has 1 N–H and O–H groups in total. The van der Waals surface area contributed by atoms with Crippen molar-refractivity contribution >= 4 is 0 Å². The summed E-state index contributed by atoms with van der Waals surface area (Å²) in [5.41, 5.74) is 2.42. The van der Waals surface area contributed by atoms with Crippen LogP contribution in [0.3, 0.4) is 0 Å². The molecule has 0 fully saturated rings. The molecule has 1 unspecified atom stereocenters. The van der Waals surface area contributed by atoms with Crippen LogP contribution in [0.4, 0.5) is 0 Å². The van der Waals surface area contributed by atoms with Crippen molar-refractivity contribution in [1.29, 1.82) is 0 Å². The van der Waals surface area contributed by atoms with Crippen molar-refractivity contribution < 1.29 is 9.84 Å². The highest BCUT2D eigenvalue weighted by Crippen LogP contribution is 2.12. The Morgan fingerprint density at radius 2 is 1.95 bits per heavy atom. The third-order valence-electron chi connectivity index (χ3n) is 3.70. The van der Waals surface area contributed by atoms with Crippen LogP contribution in [0.25, 0.3) is 0 Å². The molecule has 2 rings (SSSR count). The molecule has 1 aromatic heterocycles. The van der Waals surface area contributed by atoms with Crippen molar-refractivity contribution in [3.8, 4) is 5.75 Å². The summed E-state index contributed by atoms with van der Waals surface area (Å²) < 4.78 is 6.96. The highest BCUT2D eigenvalue weighted by Gasteiger charge is 2.10. The molecule has 0 aliphatic carbocycles. The lowest BCUT2D eigenvalue weighted by molar-refractivity contribution is 0.0912. The van der Waals surface area contributed by atoms with E-state index in [9.17, 15) is 9.90 Å². The lowest BCUT2D eigenvalue weighted by Crippen LogP contribution is -2.31.